The molecule has 0 aromatic heterocycles. The summed E-state index contributed by atoms with van der Waals surface area (Å²) in [7, 11) is 0. The van der Waals surface area contributed by atoms with E-state index in [1.807, 2.05) is 0 Å². The molecule has 5 aliphatic heterocycles. The van der Waals surface area contributed by atoms with Crippen LogP contribution < -0.4 is 0 Å². The Balaban J connectivity index is 0.000000531. The van der Waals surface area contributed by atoms with E-state index in [2.05, 4.69) is 235 Å². The van der Waals surface area contributed by atoms with E-state index >= 15 is 0 Å². The number of hydroxylamine groups is 10. The molecule has 5 fully saturated rings. The molecular formula is C70H145N5O10. The fourth-order valence-electron chi connectivity index (χ4n) is 13.9. The molecule has 0 bridgehead atoms. The Morgan fingerprint density at radius 2 is 0.612 bits per heavy atom. The van der Waals surface area contributed by atoms with Crippen LogP contribution in [0.2, 0.25) is 0 Å². The first kappa shape index (κ1) is 82.4. The first-order chi connectivity index (χ1) is 37.9. The van der Waals surface area contributed by atoms with Crippen molar-refractivity contribution in [3.8, 4) is 0 Å². The number of hydrogen-bond donors (Lipinski definition) is 5. The maximum Gasteiger partial charge on any atom is 0.0653 e. The summed E-state index contributed by atoms with van der Waals surface area (Å²) in [5.41, 5.74) is -2.35. The Morgan fingerprint density at radius 3 is 0.859 bits per heavy atom. The Hall–Kier alpha value is -0.600. The molecule has 15 nitrogen and oxygen atoms in total. The van der Waals surface area contributed by atoms with Crippen molar-refractivity contribution in [2.24, 2.45) is 11.8 Å². The third-order valence-corrected chi connectivity index (χ3v) is 20.2. The Kier molecular flexibility index (Phi) is 29.9. The largest absolute Gasteiger partial charge is 0.375 e. The summed E-state index contributed by atoms with van der Waals surface area (Å²) in [5.74, 6) is 1.02. The highest BCUT2D eigenvalue weighted by Crippen LogP contribution is 2.44. The molecule has 0 aromatic rings. The van der Waals surface area contributed by atoms with E-state index < -0.39 is 0 Å². The lowest BCUT2D eigenvalue weighted by Gasteiger charge is -2.52. The summed E-state index contributed by atoms with van der Waals surface area (Å²) >= 11 is 0. The van der Waals surface area contributed by atoms with Crippen LogP contribution in [0.1, 0.15) is 325 Å². The summed E-state index contributed by atoms with van der Waals surface area (Å²) in [6, 6.07) is 0. The zero-order valence-electron chi connectivity index (χ0n) is 62.2. The number of hydrogen-bond acceptors (Lipinski definition) is 15. The van der Waals surface area contributed by atoms with Crippen LogP contribution in [0.4, 0.5) is 0 Å². The molecule has 0 aliphatic carbocycles. The second kappa shape index (κ2) is 30.9. The third-order valence-electron chi connectivity index (χ3n) is 20.2. The van der Waals surface area contributed by atoms with Gasteiger partial charge >= 0.3 is 0 Å². The monoisotopic (exact) mass is 1220 g/mol. The summed E-state index contributed by atoms with van der Waals surface area (Å²) in [6.07, 6.45) is 14.9. The molecule has 5 N–H and O–H groups in total. The summed E-state index contributed by atoms with van der Waals surface area (Å²) in [4.78, 5) is 0. The zero-order chi connectivity index (χ0) is 67.1. The van der Waals surface area contributed by atoms with Crippen molar-refractivity contribution in [3.05, 3.63) is 0 Å². The van der Waals surface area contributed by atoms with Crippen molar-refractivity contribution in [2.75, 3.05) is 0 Å². The Morgan fingerprint density at radius 1 is 0.365 bits per heavy atom. The van der Waals surface area contributed by atoms with Crippen molar-refractivity contribution in [1.29, 1.82) is 0 Å². The maximum atomic E-state index is 10.3. The van der Waals surface area contributed by atoms with E-state index in [9.17, 15) is 26.0 Å². The first-order valence-electron chi connectivity index (χ1n) is 33.7. The van der Waals surface area contributed by atoms with Crippen LogP contribution in [0.15, 0.2) is 0 Å². The van der Waals surface area contributed by atoms with Crippen LogP contribution in [0, 0.1) is 11.8 Å². The fourth-order valence-corrected chi connectivity index (χ4v) is 13.9. The van der Waals surface area contributed by atoms with Gasteiger partial charge in [-0.05, 0) is 282 Å². The highest BCUT2D eigenvalue weighted by atomic mass is 16.5. The van der Waals surface area contributed by atoms with Gasteiger partial charge in [-0.15, -0.1) is 0 Å². The SMILES string of the molecule is CC(C)C(C)(C)OC1CC(C)(C)N(O)C(C)(C)C1.CC(C)C(C)OC1CC(C)(C)N(O)C(C)(C)C1.CCC(C)(C)OC1CC(C)(C)N(O)C(C)(C)C1.CCC(C)OC1CC(C)(C)N(O)C(C)(C)C1.CCC(C)OC1CC(C)(C)N(O)C(C)(CC)C1. The van der Waals surface area contributed by atoms with Crippen molar-refractivity contribution < 1.29 is 49.7 Å². The lowest BCUT2D eigenvalue weighted by atomic mass is 9.78. The van der Waals surface area contributed by atoms with E-state index in [0.29, 0.717) is 24.0 Å². The Bertz CT molecular complexity index is 1880. The molecule has 85 heavy (non-hydrogen) atoms. The molecule has 0 saturated carbocycles. The predicted molar refractivity (Wildman–Crippen MR) is 351 cm³/mol. The van der Waals surface area contributed by atoms with Crippen LogP contribution in [-0.2, 0) is 23.7 Å². The zero-order valence-corrected chi connectivity index (χ0v) is 62.2. The van der Waals surface area contributed by atoms with Gasteiger partial charge in [0.1, 0.15) is 0 Å². The van der Waals surface area contributed by atoms with Crippen LogP contribution in [0.3, 0.4) is 0 Å². The van der Waals surface area contributed by atoms with E-state index in [0.717, 1.165) is 89.9 Å². The molecular weight excluding hydrogens is 1070 g/mol. The molecule has 510 valence electrons. The van der Waals surface area contributed by atoms with Gasteiger partial charge in [0.05, 0.1) is 60.0 Å². The van der Waals surface area contributed by atoms with Crippen LogP contribution in [0.25, 0.3) is 0 Å². The second-order valence-electron chi connectivity index (χ2n) is 34.8. The first-order valence-corrected chi connectivity index (χ1v) is 33.7. The van der Waals surface area contributed by atoms with Gasteiger partial charge in [0.2, 0.25) is 0 Å². The van der Waals surface area contributed by atoms with Gasteiger partial charge in [-0.2, -0.15) is 25.3 Å². The molecule has 0 aromatic carbocycles. The maximum absolute atomic E-state index is 10.3. The van der Waals surface area contributed by atoms with E-state index in [1.54, 1.807) is 5.06 Å². The third kappa shape index (κ3) is 24.1. The average Bonchev–Trinajstić information content (AvgIpc) is 3.22. The highest BCUT2D eigenvalue weighted by Gasteiger charge is 2.51. The standard InChI is InChI=1S/C15H31NO2.3C14H29NO2.C13H27NO2/c1-11(2)15(7,8)18-12-9-13(3,4)16(17)14(5,6)10-12;1-10(2)11(3)17-12-8-13(4,5)15(16)14(6,7)9-12;1-8-14(6,7)17-11-9-12(2,3)15(16)13(4,5)10-11;1-7-11(3)17-12-9-13(4,5)15(16)14(6,8-2)10-12;1-7-10(2)16-11-8-12(3,4)14(15)13(5,6)9-11/h11-12,17H,9-10H2,1-8H3;10-12,16H,8-9H2,1-7H3;11,16H,8-10H2,1-7H3;11-12,16H,7-10H2,1-6H3;10-11,15H,7-9H2,1-6H3. The van der Waals surface area contributed by atoms with Crippen LogP contribution in [-0.4, -0.2) is 167 Å². The van der Waals surface area contributed by atoms with E-state index in [4.69, 9.17) is 23.7 Å². The van der Waals surface area contributed by atoms with Gasteiger partial charge in [-0.25, -0.2) is 0 Å². The average molecular weight is 1220 g/mol. The van der Waals surface area contributed by atoms with Gasteiger partial charge in [0, 0.05) is 55.4 Å². The van der Waals surface area contributed by atoms with Crippen LogP contribution >= 0.6 is 0 Å². The summed E-state index contributed by atoms with van der Waals surface area (Å²) in [6.45, 7) is 71.8. The smallest absolute Gasteiger partial charge is 0.0653 e. The molecule has 0 spiro atoms. The Labute approximate surface area is 525 Å². The lowest BCUT2D eigenvalue weighted by Crippen LogP contribution is -2.61. The van der Waals surface area contributed by atoms with Crippen molar-refractivity contribution in [1.82, 2.24) is 25.3 Å². The lowest BCUT2D eigenvalue weighted by molar-refractivity contribution is -0.271. The van der Waals surface area contributed by atoms with E-state index in [-0.39, 0.29) is 103 Å². The molecule has 5 saturated heterocycles. The fraction of sp³-hybridized carbons (Fsp3) is 1.00. The second-order valence-corrected chi connectivity index (χ2v) is 34.8. The number of piperidine rings is 5. The minimum atomic E-state index is -0.237. The van der Waals surface area contributed by atoms with Crippen molar-refractivity contribution >= 4 is 0 Å². The van der Waals surface area contributed by atoms with Gasteiger partial charge < -0.3 is 49.7 Å². The molecule has 5 unspecified atom stereocenters. The summed E-state index contributed by atoms with van der Waals surface area (Å²) in [5, 5.41) is 58.7. The predicted octanol–water partition coefficient (Wildman–Crippen LogP) is 17.7. The topological polar surface area (TPSA) is 164 Å². The molecule has 5 aliphatic rings. The summed E-state index contributed by atoms with van der Waals surface area (Å²) < 4.78 is 30.8. The highest BCUT2D eigenvalue weighted by molar-refractivity contribution is 5.02. The normalized spacial score (nSPS) is 28.6. The molecule has 0 radical (unpaired) electrons. The number of nitrogens with zero attached hydrogens (tertiary/aromatic N) is 5. The van der Waals surface area contributed by atoms with Gasteiger partial charge in [-0.3, -0.25) is 0 Å². The van der Waals surface area contributed by atoms with Gasteiger partial charge in [0.15, 0.2) is 0 Å². The number of rotatable bonds is 16. The van der Waals surface area contributed by atoms with Crippen molar-refractivity contribution in [3.63, 3.8) is 0 Å². The van der Waals surface area contributed by atoms with Crippen LogP contribution in [0.5, 0.6) is 0 Å². The quantitative estimate of drug-likeness (QED) is 0.0991. The van der Waals surface area contributed by atoms with Crippen molar-refractivity contribution in [2.45, 2.75) is 441 Å². The minimum Gasteiger partial charge on any atom is -0.375 e. The molecule has 5 rings (SSSR count). The van der Waals surface area contributed by atoms with E-state index in [1.165, 1.54) is 20.3 Å². The molecule has 5 heterocycles. The number of ether oxygens (including phenoxy) is 5. The van der Waals surface area contributed by atoms with Gasteiger partial charge in [-0.1, -0.05) is 55.4 Å². The van der Waals surface area contributed by atoms with Gasteiger partial charge in [0.25, 0.3) is 0 Å². The molecule has 5 atom stereocenters. The minimum absolute atomic E-state index is 0.0749. The molecule has 15 heteroatoms. The molecule has 0 amide bonds.